The number of aryl methyl sites for hydroxylation is 1. The normalized spacial score (nSPS) is 10.1. The second kappa shape index (κ2) is 5.25. The average Bonchev–Trinajstić information content (AvgIpc) is 2.33. The fourth-order valence-corrected chi connectivity index (χ4v) is 1.61. The molecule has 1 N–H and O–H groups in total. The van der Waals surface area contributed by atoms with Crippen molar-refractivity contribution in [2.75, 3.05) is 5.32 Å². The predicted octanol–water partition coefficient (Wildman–Crippen LogP) is 3.39. The van der Waals surface area contributed by atoms with Gasteiger partial charge in [0.25, 0.3) is 0 Å². The first-order valence-corrected chi connectivity index (χ1v) is 6.19. The van der Waals surface area contributed by atoms with Crippen molar-refractivity contribution in [2.45, 2.75) is 13.3 Å². The van der Waals surface area contributed by atoms with Gasteiger partial charge < -0.3 is 5.32 Å². The molecule has 82 valence electrons. The Morgan fingerprint density at radius 1 is 1.12 bits per heavy atom. The fourth-order valence-electron chi connectivity index (χ4n) is 1.33. The van der Waals surface area contributed by atoms with Gasteiger partial charge in [-0.1, -0.05) is 19.1 Å². The van der Waals surface area contributed by atoms with Gasteiger partial charge in [-0.05, 0) is 46.7 Å². The zero-order chi connectivity index (χ0) is 11.4. The molecule has 0 atom stereocenters. The SMILES string of the molecule is CCc1ccc(Nc2ncc(I)cn2)cc1. The summed E-state index contributed by atoms with van der Waals surface area (Å²) in [4.78, 5) is 8.37. The first-order valence-electron chi connectivity index (χ1n) is 5.11. The van der Waals surface area contributed by atoms with Gasteiger partial charge >= 0.3 is 0 Å². The molecule has 0 aliphatic heterocycles. The minimum absolute atomic E-state index is 0.629. The van der Waals surface area contributed by atoms with Gasteiger partial charge in [0.05, 0.1) is 0 Å². The van der Waals surface area contributed by atoms with E-state index >= 15 is 0 Å². The highest BCUT2D eigenvalue weighted by Crippen LogP contribution is 2.14. The highest BCUT2D eigenvalue weighted by Gasteiger charge is 1.97. The second-order valence-corrected chi connectivity index (χ2v) is 4.65. The lowest BCUT2D eigenvalue weighted by molar-refractivity contribution is 1.13. The summed E-state index contributed by atoms with van der Waals surface area (Å²) in [7, 11) is 0. The zero-order valence-corrected chi connectivity index (χ0v) is 11.1. The Morgan fingerprint density at radius 2 is 1.75 bits per heavy atom. The van der Waals surface area contributed by atoms with Crippen molar-refractivity contribution in [2.24, 2.45) is 0 Å². The Hall–Kier alpha value is -1.17. The lowest BCUT2D eigenvalue weighted by atomic mass is 10.1. The lowest BCUT2D eigenvalue weighted by Crippen LogP contribution is -1.96. The van der Waals surface area contributed by atoms with Gasteiger partial charge in [-0.2, -0.15) is 0 Å². The highest BCUT2D eigenvalue weighted by atomic mass is 127. The zero-order valence-electron chi connectivity index (χ0n) is 8.94. The minimum atomic E-state index is 0.629. The Kier molecular flexibility index (Phi) is 3.71. The van der Waals surface area contributed by atoms with Gasteiger partial charge in [-0.3, -0.25) is 0 Å². The maximum absolute atomic E-state index is 4.19. The van der Waals surface area contributed by atoms with Crippen LogP contribution in [0.3, 0.4) is 0 Å². The summed E-state index contributed by atoms with van der Waals surface area (Å²) in [5, 5.41) is 3.16. The van der Waals surface area contributed by atoms with E-state index in [-0.39, 0.29) is 0 Å². The number of nitrogens with one attached hydrogen (secondary N) is 1. The van der Waals surface area contributed by atoms with E-state index in [1.165, 1.54) is 5.56 Å². The topological polar surface area (TPSA) is 37.8 Å². The molecule has 0 saturated carbocycles. The van der Waals surface area contributed by atoms with Gasteiger partial charge in [0.15, 0.2) is 0 Å². The standard InChI is InChI=1S/C12H12IN3/c1-2-9-3-5-11(6-4-9)16-12-14-7-10(13)8-15-12/h3-8H,2H2,1H3,(H,14,15,16). The molecule has 2 rings (SSSR count). The fraction of sp³-hybridized carbons (Fsp3) is 0.167. The van der Waals surface area contributed by atoms with Crippen LogP contribution < -0.4 is 5.32 Å². The van der Waals surface area contributed by atoms with Crippen LogP contribution in [0.25, 0.3) is 0 Å². The molecular formula is C12H12IN3. The van der Waals surface area contributed by atoms with Crippen LogP contribution in [-0.2, 0) is 6.42 Å². The molecule has 2 aromatic rings. The molecule has 0 radical (unpaired) electrons. The monoisotopic (exact) mass is 325 g/mol. The van der Waals surface area contributed by atoms with Crippen LogP contribution >= 0.6 is 22.6 Å². The molecule has 16 heavy (non-hydrogen) atoms. The van der Waals surface area contributed by atoms with Crippen molar-refractivity contribution in [1.82, 2.24) is 9.97 Å². The summed E-state index contributed by atoms with van der Waals surface area (Å²) in [6, 6.07) is 8.30. The van der Waals surface area contributed by atoms with E-state index in [1.54, 1.807) is 12.4 Å². The molecule has 4 heteroatoms. The van der Waals surface area contributed by atoms with Gasteiger partial charge in [0, 0.05) is 21.7 Å². The highest BCUT2D eigenvalue weighted by molar-refractivity contribution is 14.1. The van der Waals surface area contributed by atoms with Crippen LogP contribution in [0.2, 0.25) is 0 Å². The Labute approximate surface area is 108 Å². The third-order valence-electron chi connectivity index (χ3n) is 2.24. The number of benzene rings is 1. The van der Waals surface area contributed by atoms with Gasteiger partial charge in [-0.25, -0.2) is 9.97 Å². The predicted molar refractivity (Wildman–Crippen MR) is 73.9 cm³/mol. The van der Waals surface area contributed by atoms with Crippen molar-refractivity contribution in [3.8, 4) is 0 Å². The molecular weight excluding hydrogens is 313 g/mol. The first kappa shape index (κ1) is 11.3. The summed E-state index contributed by atoms with van der Waals surface area (Å²) < 4.78 is 1.03. The van der Waals surface area contributed by atoms with E-state index in [0.29, 0.717) is 5.95 Å². The van der Waals surface area contributed by atoms with E-state index in [4.69, 9.17) is 0 Å². The third kappa shape index (κ3) is 2.91. The largest absolute Gasteiger partial charge is 0.324 e. The van der Waals surface area contributed by atoms with Crippen LogP contribution in [0.15, 0.2) is 36.7 Å². The molecule has 0 amide bonds. The quantitative estimate of drug-likeness (QED) is 0.879. The van der Waals surface area contributed by atoms with Crippen molar-refractivity contribution >= 4 is 34.2 Å². The lowest BCUT2D eigenvalue weighted by Gasteiger charge is -2.05. The van der Waals surface area contributed by atoms with Crippen LogP contribution in [0.1, 0.15) is 12.5 Å². The molecule has 1 heterocycles. The summed E-state index contributed by atoms with van der Waals surface area (Å²) in [5.74, 6) is 0.629. The van der Waals surface area contributed by atoms with E-state index in [0.717, 1.165) is 15.7 Å². The summed E-state index contributed by atoms with van der Waals surface area (Å²) in [6.45, 7) is 2.14. The molecule has 1 aromatic heterocycles. The van der Waals surface area contributed by atoms with Gasteiger partial charge in [-0.15, -0.1) is 0 Å². The minimum Gasteiger partial charge on any atom is -0.324 e. The van der Waals surface area contributed by atoms with E-state index in [9.17, 15) is 0 Å². The molecule has 1 aromatic carbocycles. The van der Waals surface area contributed by atoms with E-state index in [2.05, 4.69) is 56.9 Å². The molecule has 0 aliphatic rings. The summed E-state index contributed by atoms with van der Waals surface area (Å²) in [5.41, 5.74) is 2.34. The Bertz CT molecular complexity index is 451. The maximum atomic E-state index is 4.19. The molecule has 0 bridgehead atoms. The Balaban J connectivity index is 2.11. The molecule has 0 fully saturated rings. The number of aromatic nitrogens is 2. The molecule has 0 spiro atoms. The number of hydrogen-bond acceptors (Lipinski definition) is 3. The number of halogens is 1. The number of anilines is 2. The second-order valence-electron chi connectivity index (χ2n) is 3.40. The summed E-state index contributed by atoms with van der Waals surface area (Å²) >= 11 is 2.18. The van der Waals surface area contributed by atoms with Crippen LogP contribution in [0.4, 0.5) is 11.6 Å². The number of rotatable bonds is 3. The van der Waals surface area contributed by atoms with Crippen molar-refractivity contribution in [3.63, 3.8) is 0 Å². The molecule has 3 nitrogen and oxygen atoms in total. The van der Waals surface area contributed by atoms with E-state index < -0.39 is 0 Å². The number of nitrogens with zero attached hydrogens (tertiary/aromatic N) is 2. The summed E-state index contributed by atoms with van der Waals surface area (Å²) in [6.07, 6.45) is 4.63. The van der Waals surface area contributed by atoms with Crippen molar-refractivity contribution in [3.05, 3.63) is 45.8 Å². The molecule has 0 unspecified atom stereocenters. The molecule has 0 aliphatic carbocycles. The van der Waals surface area contributed by atoms with Crippen molar-refractivity contribution < 1.29 is 0 Å². The van der Waals surface area contributed by atoms with Crippen molar-refractivity contribution in [1.29, 1.82) is 0 Å². The van der Waals surface area contributed by atoms with Crippen LogP contribution in [0, 0.1) is 3.57 Å². The molecule has 0 saturated heterocycles. The van der Waals surface area contributed by atoms with E-state index in [1.807, 2.05) is 12.1 Å². The third-order valence-corrected chi connectivity index (χ3v) is 2.80. The maximum Gasteiger partial charge on any atom is 0.227 e. The van der Waals surface area contributed by atoms with Gasteiger partial charge in [0.1, 0.15) is 0 Å². The smallest absolute Gasteiger partial charge is 0.227 e. The Morgan fingerprint density at radius 3 is 2.31 bits per heavy atom. The van der Waals surface area contributed by atoms with Crippen LogP contribution in [-0.4, -0.2) is 9.97 Å². The first-order chi connectivity index (χ1) is 7.78. The average molecular weight is 325 g/mol. The van der Waals surface area contributed by atoms with Crippen LogP contribution in [0.5, 0.6) is 0 Å². The van der Waals surface area contributed by atoms with Gasteiger partial charge in [0.2, 0.25) is 5.95 Å². The number of hydrogen-bond donors (Lipinski definition) is 1.